The van der Waals surface area contributed by atoms with Crippen molar-refractivity contribution in [1.29, 1.82) is 0 Å². The molecule has 0 aliphatic heterocycles. The number of rotatable bonds is 4. The number of nitrogens with one attached hydrogen (secondary N) is 1. The average Bonchev–Trinajstić information content (AvgIpc) is 3.07. The van der Waals surface area contributed by atoms with Crippen molar-refractivity contribution in [3.05, 3.63) is 46.2 Å². The standard InChI is InChI=1S/C13H13N5OS/c1-9-4-6-15-13-16-11(17-18(9)13)12(19)14-7-5-10-3-2-8-20-10/h2-4,6,8H,5,7H2,1H3,(H,14,19). The van der Waals surface area contributed by atoms with Crippen LogP contribution < -0.4 is 5.32 Å². The van der Waals surface area contributed by atoms with Crippen molar-refractivity contribution in [2.75, 3.05) is 6.54 Å². The predicted molar refractivity (Wildman–Crippen MR) is 75.9 cm³/mol. The Labute approximate surface area is 119 Å². The minimum atomic E-state index is -0.272. The number of aromatic nitrogens is 4. The summed E-state index contributed by atoms with van der Waals surface area (Å²) in [5.41, 5.74) is 0.889. The second kappa shape index (κ2) is 5.38. The van der Waals surface area contributed by atoms with Gasteiger partial charge in [-0.3, -0.25) is 4.79 Å². The molecule has 0 fully saturated rings. The van der Waals surface area contributed by atoms with Crippen LogP contribution >= 0.6 is 11.3 Å². The molecule has 20 heavy (non-hydrogen) atoms. The fraction of sp³-hybridized carbons (Fsp3) is 0.231. The average molecular weight is 287 g/mol. The van der Waals surface area contributed by atoms with E-state index in [1.807, 2.05) is 30.5 Å². The maximum absolute atomic E-state index is 12.0. The van der Waals surface area contributed by atoms with Gasteiger partial charge in [-0.15, -0.1) is 16.4 Å². The van der Waals surface area contributed by atoms with Gasteiger partial charge in [-0.25, -0.2) is 9.50 Å². The Morgan fingerprint density at radius 2 is 2.35 bits per heavy atom. The summed E-state index contributed by atoms with van der Waals surface area (Å²) in [6.07, 6.45) is 2.46. The number of hydrogen-bond acceptors (Lipinski definition) is 5. The molecular weight excluding hydrogens is 274 g/mol. The van der Waals surface area contributed by atoms with Crippen molar-refractivity contribution in [3.63, 3.8) is 0 Å². The highest BCUT2D eigenvalue weighted by Crippen LogP contribution is 2.08. The molecule has 1 N–H and O–H groups in total. The molecular formula is C13H13N5OS. The Morgan fingerprint density at radius 3 is 3.10 bits per heavy atom. The predicted octanol–water partition coefficient (Wildman–Crippen LogP) is 1.47. The first-order valence-electron chi connectivity index (χ1n) is 6.23. The lowest BCUT2D eigenvalue weighted by atomic mass is 10.3. The number of amides is 1. The van der Waals surface area contributed by atoms with Crippen LogP contribution in [0.2, 0.25) is 0 Å². The third kappa shape index (κ3) is 2.53. The van der Waals surface area contributed by atoms with E-state index in [-0.39, 0.29) is 11.7 Å². The first-order chi connectivity index (χ1) is 9.74. The second-order valence-corrected chi connectivity index (χ2v) is 5.35. The minimum absolute atomic E-state index is 0.151. The van der Waals surface area contributed by atoms with Crippen LogP contribution in [0.15, 0.2) is 29.8 Å². The summed E-state index contributed by atoms with van der Waals surface area (Å²) in [6, 6.07) is 5.87. The lowest BCUT2D eigenvalue weighted by Gasteiger charge is -2.00. The molecule has 0 aromatic carbocycles. The number of nitrogens with zero attached hydrogens (tertiary/aromatic N) is 4. The molecule has 3 aromatic heterocycles. The zero-order valence-electron chi connectivity index (χ0n) is 10.9. The lowest BCUT2D eigenvalue weighted by Crippen LogP contribution is -2.26. The van der Waals surface area contributed by atoms with Gasteiger partial charge < -0.3 is 5.32 Å². The van der Waals surface area contributed by atoms with Gasteiger partial charge in [0.05, 0.1) is 0 Å². The molecule has 6 nitrogen and oxygen atoms in total. The highest BCUT2D eigenvalue weighted by Gasteiger charge is 2.13. The summed E-state index contributed by atoms with van der Waals surface area (Å²) in [5.74, 6) is 0.317. The molecule has 102 valence electrons. The SMILES string of the molecule is Cc1ccnc2nc(C(=O)NCCc3cccs3)nn12. The first kappa shape index (κ1) is 12.7. The third-order valence-electron chi connectivity index (χ3n) is 2.87. The van der Waals surface area contributed by atoms with E-state index in [2.05, 4.69) is 20.4 Å². The van der Waals surface area contributed by atoms with Crippen LogP contribution in [0.4, 0.5) is 0 Å². The molecule has 0 aliphatic rings. The maximum Gasteiger partial charge on any atom is 0.291 e. The topological polar surface area (TPSA) is 72.2 Å². The Bertz CT molecular complexity index is 734. The number of fused-ring (bicyclic) bond motifs is 1. The molecule has 0 atom stereocenters. The number of thiophene rings is 1. The molecule has 0 spiro atoms. The van der Waals surface area contributed by atoms with Crippen LogP contribution in [-0.4, -0.2) is 32.0 Å². The highest BCUT2D eigenvalue weighted by molar-refractivity contribution is 7.09. The Kier molecular flexibility index (Phi) is 3.42. The molecule has 0 saturated carbocycles. The van der Waals surface area contributed by atoms with Gasteiger partial charge in [0.2, 0.25) is 5.82 Å². The summed E-state index contributed by atoms with van der Waals surface area (Å²) in [4.78, 5) is 21.4. The molecule has 3 heterocycles. The largest absolute Gasteiger partial charge is 0.349 e. The number of carbonyl (C=O) groups excluding carboxylic acids is 1. The van der Waals surface area contributed by atoms with Crippen molar-refractivity contribution < 1.29 is 4.79 Å². The third-order valence-corrected chi connectivity index (χ3v) is 3.81. The van der Waals surface area contributed by atoms with Gasteiger partial charge in [-0.1, -0.05) is 6.07 Å². The van der Waals surface area contributed by atoms with Gasteiger partial charge >= 0.3 is 0 Å². The summed E-state index contributed by atoms with van der Waals surface area (Å²) >= 11 is 1.68. The minimum Gasteiger partial charge on any atom is -0.349 e. The zero-order chi connectivity index (χ0) is 13.9. The molecule has 7 heteroatoms. The number of carbonyl (C=O) groups is 1. The summed E-state index contributed by atoms with van der Waals surface area (Å²) in [5, 5.41) is 9.00. The van der Waals surface area contributed by atoms with Crippen LogP contribution in [0, 0.1) is 6.92 Å². The monoisotopic (exact) mass is 287 g/mol. The van der Waals surface area contributed by atoms with Crippen molar-refractivity contribution in [1.82, 2.24) is 24.9 Å². The van der Waals surface area contributed by atoms with E-state index in [0.29, 0.717) is 12.3 Å². The highest BCUT2D eigenvalue weighted by atomic mass is 32.1. The van der Waals surface area contributed by atoms with Crippen LogP contribution in [0.25, 0.3) is 5.78 Å². The van der Waals surface area contributed by atoms with Crippen molar-refractivity contribution in [2.24, 2.45) is 0 Å². The van der Waals surface area contributed by atoms with E-state index < -0.39 is 0 Å². The fourth-order valence-electron chi connectivity index (χ4n) is 1.84. The molecule has 0 radical (unpaired) electrons. The molecule has 0 saturated heterocycles. The quantitative estimate of drug-likeness (QED) is 0.788. The van der Waals surface area contributed by atoms with E-state index in [1.165, 1.54) is 4.88 Å². The first-order valence-corrected chi connectivity index (χ1v) is 7.11. The van der Waals surface area contributed by atoms with Crippen molar-refractivity contribution in [3.8, 4) is 0 Å². The molecule has 0 aliphatic carbocycles. The Hall–Kier alpha value is -2.28. The van der Waals surface area contributed by atoms with Crippen LogP contribution in [-0.2, 0) is 6.42 Å². The van der Waals surface area contributed by atoms with Gasteiger partial charge in [-0.05, 0) is 30.9 Å². The maximum atomic E-state index is 12.0. The van der Waals surface area contributed by atoms with Gasteiger partial charge in [-0.2, -0.15) is 4.98 Å². The molecule has 1 amide bonds. The lowest BCUT2D eigenvalue weighted by molar-refractivity contribution is 0.0944. The molecule has 3 rings (SSSR count). The normalized spacial score (nSPS) is 10.8. The van der Waals surface area contributed by atoms with E-state index >= 15 is 0 Å². The molecule has 0 bridgehead atoms. The Morgan fingerprint density at radius 1 is 1.45 bits per heavy atom. The van der Waals surface area contributed by atoms with Gasteiger partial charge in [0.1, 0.15) is 0 Å². The van der Waals surface area contributed by atoms with Gasteiger partial charge in [0.15, 0.2) is 0 Å². The summed E-state index contributed by atoms with van der Waals surface area (Å²) in [6.45, 7) is 2.46. The zero-order valence-corrected chi connectivity index (χ0v) is 11.7. The van der Waals surface area contributed by atoms with Crippen LogP contribution in [0.3, 0.4) is 0 Å². The van der Waals surface area contributed by atoms with Crippen molar-refractivity contribution in [2.45, 2.75) is 13.3 Å². The summed E-state index contributed by atoms with van der Waals surface area (Å²) in [7, 11) is 0. The van der Waals surface area contributed by atoms with Crippen LogP contribution in [0.5, 0.6) is 0 Å². The van der Waals surface area contributed by atoms with Gasteiger partial charge in [0, 0.05) is 23.3 Å². The van der Waals surface area contributed by atoms with E-state index in [9.17, 15) is 4.79 Å². The fourth-order valence-corrected chi connectivity index (χ4v) is 2.54. The number of aryl methyl sites for hydroxylation is 1. The van der Waals surface area contributed by atoms with E-state index in [4.69, 9.17) is 0 Å². The number of hydrogen-bond donors (Lipinski definition) is 1. The Balaban J connectivity index is 1.68. The van der Waals surface area contributed by atoms with Gasteiger partial charge in [0.25, 0.3) is 11.7 Å². The van der Waals surface area contributed by atoms with E-state index in [0.717, 1.165) is 12.1 Å². The van der Waals surface area contributed by atoms with Crippen LogP contribution in [0.1, 0.15) is 21.2 Å². The molecule has 3 aromatic rings. The molecule has 0 unspecified atom stereocenters. The second-order valence-electron chi connectivity index (χ2n) is 4.32. The van der Waals surface area contributed by atoms with Crippen molar-refractivity contribution >= 4 is 23.0 Å². The van der Waals surface area contributed by atoms with E-state index in [1.54, 1.807) is 22.0 Å². The summed E-state index contributed by atoms with van der Waals surface area (Å²) < 4.78 is 1.56. The smallest absolute Gasteiger partial charge is 0.291 e.